The summed E-state index contributed by atoms with van der Waals surface area (Å²) in [7, 11) is 0. The standard InChI is InChI=1S/C10H19N3O2/c1-8(14)13-7-10(15)12-6-4-9-3-2-5-11-9/h9,11H,2-7H2,1H3,(H,12,15)(H,13,14)/t9-/m1/s1. The van der Waals surface area contributed by atoms with Crippen LogP contribution in [0.5, 0.6) is 0 Å². The van der Waals surface area contributed by atoms with Crippen LogP contribution in [0.2, 0.25) is 0 Å². The van der Waals surface area contributed by atoms with Crippen molar-refractivity contribution in [2.24, 2.45) is 0 Å². The minimum absolute atomic E-state index is 0.0768. The zero-order valence-corrected chi connectivity index (χ0v) is 9.14. The Morgan fingerprint density at radius 3 is 2.80 bits per heavy atom. The Labute approximate surface area is 90.0 Å². The second-order valence-electron chi connectivity index (χ2n) is 3.84. The predicted molar refractivity (Wildman–Crippen MR) is 57.3 cm³/mol. The van der Waals surface area contributed by atoms with Crippen LogP contribution >= 0.6 is 0 Å². The Morgan fingerprint density at radius 2 is 2.20 bits per heavy atom. The number of carbonyl (C=O) groups excluding carboxylic acids is 2. The lowest BCUT2D eigenvalue weighted by molar-refractivity contribution is -0.125. The van der Waals surface area contributed by atoms with Crippen molar-refractivity contribution in [2.45, 2.75) is 32.2 Å². The molecular weight excluding hydrogens is 194 g/mol. The Bertz CT molecular complexity index is 225. The molecule has 1 aliphatic heterocycles. The Morgan fingerprint density at radius 1 is 1.40 bits per heavy atom. The molecule has 0 radical (unpaired) electrons. The van der Waals surface area contributed by atoms with Gasteiger partial charge in [-0.3, -0.25) is 9.59 Å². The summed E-state index contributed by atoms with van der Waals surface area (Å²) in [5.41, 5.74) is 0. The molecule has 0 bridgehead atoms. The normalized spacial score (nSPS) is 19.9. The van der Waals surface area contributed by atoms with E-state index in [1.807, 2.05) is 0 Å². The molecule has 1 atom stereocenters. The molecule has 5 nitrogen and oxygen atoms in total. The van der Waals surface area contributed by atoms with Gasteiger partial charge in [0.2, 0.25) is 11.8 Å². The number of hydrogen-bond donors (Lipinski definition) is 3. The summed E-state index contributed by atoms with van der Waals surface area (Å²) in [6.45, 7) is 3.24. The van der Waals surface area contributed by atoms with E-state index >= 15 is 0 Å². The third-order valence-electron chi connectivity index (χ3n) is 2.48. The van der Waals surface area contributed by atoms with E-state index in [1.54, 1.807) is 0 Å². The van der Waals surface area contributed by atoms with Crippen molar-refractivity contribution in [3.8, 4) is 0 Å². The third kappa shape index (κ3) is 5.37. The van der Waals surface area contributed by atoms with Crippen molar-refractivity contribution < 1.29 is 9.59 Å². The first-order valence-electron chi connectivity index (χ1n) is 5.43. The summed E-state index contributed by atoms with van der Waals surface area (Å²) < 4.78 is 0. The molecule has 1 saturated heterocycles. The lowest BCUT2D eigenvalue weighted by Gasteiger charge is -2.10. The van der Waals surface area contributed by atoms with Crippen molar-refractivity contribution in [3.63, 3.8) is 0 Å². The Hall–Kier alpha value is -1.10. The van der Waals surface area contributed by atoms with Crippen LogP contribution in [0.1, 0.15) is 26.2 Å². The number of rotatable bonds is 5. The molecule has 3 N–H and O–H groups in total. The van der Waals surface area contributed by atoms with Gasteiger partial charge in [0, 0.05) is 19.5 Å². The molecule has 0 spiro atoms. The van der Waals surface area contributed by atoms with Crippen molar-refractivity contribution >= 4 is 11.8 Å². The van der Waals surface area contributed by atoms with Gasteiger partial charge < -0.3 is 16.0 Å². The van der Waals surface area contributed by atoms with Crippen LogP contribution in [0.15, 0.2) is 0 Å². The van der Waals surface area contributed by atoms with Crippen LogP contribution in [0.3, 0.4) is 0 Å². The molecule has 1 rings (SSSR count). The maximum absolute atomic E-state index is 11.2. The second-order valence-corrected chi connectivity index (χ2v) is 3.84. The van der Waals surface area contributed by atoms with Crippen LogP contribution in [0.4, 0.5) is 0 Å². The fraction of sp³-hybridized carbons (Fsp3) is 0.800. The summed E-state index contributed by atoms with van der Waals surface area (Å²) in [6, 6.07) is 0.547. The van der Waals surface area contributed by atoms with Crippen LogP contribution in [-0.2, 0) is 9.59 Å². The summed E-state index contributed by atoms with van der Waals surface area (Å²) in [4.78, 5) is 21.7. The Balaban J connectivity index is 1.98. The van der Waals surface area contributed by atoms with Gasteiger partial charge in [-0.15, -0.1) is 0 Å². The van der Waals surface area contributed by atoms with Gasteiger partial charge in [-0.25, -0.2) is 0 Å². The minimum atomic E-state index is -0.178. The average molecular weight is 213 g/mol. The van der Waals surface area contributed by atoms with Gasteiger partial charge in [0.15, 0.2) is 0 Å². The average Bonchev–Trinajstić information content (AvgIpc) is 2.67. The number of carbonyl (C=O) groups is 2. The van der Waals surface area contributed by atoms with E-state index < -0.39 is 0 Å². The van der Waals surface area contributed by atoms with Gasteiger partial charge in [0.25, 0.3) is 0 Å². The highest BCUT2D eigenvalue weighted by Crippen LogP contribution is 2.07. The first kappa shape index (κ1) is 12.0. The van der Waals surface area contributed by atoms with E-state index in [4.69, 9.17) is 0 Å². The van der Waals surface area contributed by atoms with E-state index in [0.29, 0.717) is 12.6 Å². The maximum Gasteiger partial charge on any atom is 0.239 e. The lowest BCUT2D eigenvalue weighted by atomic mass is 10.1. The summed E-state index contributed by atoms with van der Waals surface area (Å²) in [5, 5.41) is 8.59. The smallest absolute Gasteiger partial charge is 0.239 e. The first-order chi connectivity index (χ1) is 7.18. The van der Waals surface area contributed by atoms with Gasteiger partial charge in [0.1, 0.15) is 0 Å². The molecule has 0 aromatic rings. The van der Waals surface area contributed by atoms with Crippen LogP contribution < -0.4 is 16.0 Å². The molecule has 5 heteroatoms. The van der Waals surface area contributed by atoms with Crippen molar-refractivity contribution in [1.29, 1.82) is 0 Å². The second kappa shape index (κ2) is 6.40. The molecule has 1 heterocycles. The summed E-state index contributed by atoms with van der Waals surface area (Å²) in [5.74, 6) is -0.300. The molecule has 0 aliphatic carbocycles. The lowest BCUT2D eigenvalue weighted by Crippen LogP contribution is -2.37. The highest BCUT2D eigenvalue weighted by Gasteiger charge is 2.13. The van der Waals surface area contributed by atoms with Gasteiger partial charge in [-0.2, -0.15) is 0 Å². The van der Waals surface area contributed by atoms with E-state index in [1.165, 1.54) is 19.8 Å². The molecule has 0 aromatic heterocycles. The van der Waals surface area contributed by atoms with Crippen LogP contribution in [-0.4, -0.2) is 37.5 Å². The van der Waals surface area contributed by atoms with E-state index in [-0.39, 0.29) is 18.4 Å². The molecule has 0 aromatic carbocycles. The largest absolute Gasteiger partial charge is 0.355 e. The van der Waals surface area contributed by atoms with Gasteiger partial charge in [0.05, 0.1) is 6.54 Å². The monoisotopic (exact) mass is 213 g/mol. The topological polar surface area (TPSA) is 70.2 Å². The van der Waals surface area contributed by atoms with Gasteiger partial charge >= 0.3 is 0 Å². The van der Waals surface area contributed by atoms with Crippen molar-refractivity contribution in [2.75, 3.05) is 19.6 Å². The van der Waals surface area contributed by atoms with Gasteiger partial charge in [-0.1, -0.05) is 0 Å². The quantitative estimate of drug-likeness (QED) is 0.570. The fourth-order valence-electron chi connectivity index (χ4n) is 1.66. The molecule has 1 aliphatic rings. The number of nitrogens with one attached hydrogen (secondary N) is 3. The Kier molecular flexibility index (Phi) is 5.10. The number of amides is 2. The summed E-state index contributed by atoms with van der Waals surface area (Å²) >= 11 is 0. The number of hydrogen-bond acceptors (Lipinski definition) is 3. The van der Waals surface area contributed by atoms with Crippen LogP contribution in [0.25, 0.3) is 0 Å². The highest BCUT2D eigenvalue weighted by atomic mass is 16.2. The molecule has 1 fully saturated rings. The van der Waals surface area contributed by atoms with Crippen LogP contribution in [0, 0.1) is 0 Å². The van der Waals surface area contributed by atoms with Crippen molar-refractivity contribution in [1.82, 2.24) is 16.0 Å². The van der Waals surface area contributed by atoms with E-state index in [0.717, 1.165) is 13.0 Å². The fourth-order valence-corrected chi connectivity index (χ4v) is 1.66. The predicted octanol–water partition coefficient (Wildman–Crippen LogP) is -0.619. The highest BCUT2D eigenvalue weighted by molar-refractivity contribution is 5.83. The van der Waals surface area contributed by atoms with Crippen molar-refractivity contribution in [3.05, 3.63) is 0 Å². The summed E-state index contributed by atoms with van der Waals surface area (Å²) in [6.07, 6.45) is 3.39. The molecule has 0 unspecified atom stereocenters. The van der Waals surface area contributed by atoms with E-state index in [9.17, 15) is 9.59 Å². The molecule has 15 heavy (non-hydrogen) atoms. The molecular formula is C10H19N3O2. The molecule has 0 saturated carbocycles. The zero-order chi connectivity index (χ0) is 11.1. The van der Waals surface area contributed by atoms with E-state index in [2.05, 4.69) is 16.0 Å². The first-order valence-corrected chi connectivity index (χ1v) is 5.43. The molecule has 86 valence electrons. The zero-order valence-electron chi connectivity index (χ0n) is 9.14. The van der Waals surface area contributed by atoms with Gasteiger partial charge in [-0.05, 0) is 25.8 Å². The molecule has 2 amide bonds. The maximum atomic E-state index is 11.2. The minimum Gasteiger partial charge on any atom is -0.355 e. The third-order valence-corrected chi connectivity index (χ3v) is 2.48. The SMILES string of the molecule is CC(=O)NCC(=O)NCC[C@H]1CCCN1.